The minimum atomic E-state index is 0.202. The molecule has 0 aromatic carbocycles. The summed E-state index contributed by atoms with van der Waals surface area (Å²) < 4.78 is 6.53. The maximum absolute atomic E-state index is 6.53. The zero-order valence-corrected chi connectivity index (χ0v) is 17.2. The molecule has 1 fully saturated rings. The van der Waals surface area contributed by atoms with Gasteiger partial charge in [0.25, 0.3) is 0 Å². The van der Waals surface area contributed by atoms with Gasteiger partial charge >= 0.3 is 0 Å². The van der Waals surface area contributed by atoms with E-state index in [-0.39, 0.29) is 6.10 Å². The molecule has 0 radical (unpaired) electrons. The molecular formula is C26H33NO. The number of hydrogen-bond acceptors (Lipinski definition) is 2. The van der Waals surface area contributed by atoms with E-state index in [0.717, 1.165) is 25.2 Å². The Balaban J connectivity index is 1.37. The minimum absolute atomic E-state index is 0.202. The average Bonchev–Trinajstić information content (AvgIpc) is 3.13. The first-order chi connectivity index (χ1) is 13.7. The maximum atomic E-state index is 6.53. The van der Waals surface area contributed by atoms with Gasteiger partial charge in [-0.25, -0.2) is 0 Å². The third kappa shape index (κ3) is 3.16. The molecule has 148 valence electrons. The smallest absolute Gasteiger partial charge is 0.131 e. The van der Waals surface area contributed by atoms with Crippen LogP contribution < -0.4 is 5.32 Å². The number of rotatable bonds is 3. The molecule has 5 aliphatic rings. The second-order valence-corrected chi connectivity index (χ2v) is 9.38. The highest BCUT2D eigenvalue weighted by Crippen LogP contribution is 2.44. The molecule has 1 N–H and O–H groups in total. The fourth-order valence-corrected chi connectivity index (χ4v) is 5.95. The highest BCUT2D eigenvalue weighted by atomic mass is 16.5. The fourth-order valence-electron chi connectivity index (χ4n) is 5.95. The summed E-state index contributed by atoms with van der Waals surface area (Å²) in [6, 6.07) is 0.983. The molecule has 0 saturated carbocycles. The first-order valence-electron chi connectivity index (χ1n) is 11.3. The molecule has 3 aliphatic carbocycles. The van der Waals surface area contributed by atoms with Crippen LogP contribution in [0.15, 0.2) is 71.6 Å². The van der Waals surface area contributed by atoms with Gasteiger partial charge in [0.05, 0.1) is 0 Å². The molecule has 0 spiro atoms. The first kappa shape index (κ1) is 18.2. The SMILES string of the molecule is CC(C)C1CCC(C2=CC=CC3C4=C(CCC=C4)OC23)NC1C1C=CC=CC1. The Morgan fingerprint density at radius 3 is 2.82 bits per heavy atom. The van der Waals surface area contributed by atoms with Gasteiger partial charge in [0, 0.05) is 30.0 Å². The Labute approximate surface area is 169 Å². The molecule has 2 nitrogen and oxygen atoms in total. The van der Waals surface area contributed by atoms with E-state index < -0.39 is 0 Å². The fraction of sp³-hybridized carbons (Fsp3) is 0.538. The highest BCUT2D eigenvalue weighted by Gasteiger charge is 2.43. The normalized spacial score (nSPS) is 39.0. The molecule has 2 heteroatoms. The Morgan fingerprint density at radius 2 is 2.00 bits per heavy atom. The van der Waals surface area contributed by atoms with E-state index in [1.54, 1.807) is 0 Å². The van der Waals surface area contributed by atoms with E-state index >= 15 is 0 Å². The lowest BCUT2D eigenvalue weighted by Crippen LogP contribution is -2.54. The molecule has 2 heterocycles. The van der Waals surface area contributed by atoms with Gasteiger partial charge in [-0.05, 0) is 49.0 Å². The van der Waals surface area contributed by atoms with Crippen molar-refractivity contribution in [1.29, 1.82) is 0 Å². The monoisotopic (exact) mass is 375 g/mol. The highest BCUT2D eigenvalue weighted by molar-refractivity contribution is 5.44. The van der Waals surface area contributed by atoms with Crippen molar-refractivity contribution in [3.05, 3.63) is 71.6 Å². The molecule has 28 heavy (non-hydrogen) atoms. The lowest BCUT2D eigenvalue weighted by molar-refractivity contribution is 0.117. The molecular weight excluding hydrogens is 342 g/mol. The van der Waals surface area contributed by atoms with Crippen molar-refractivity contribution in [1.82, 2.24) is 5.32 Å². The largest absolute Gasteiger partial charge is 0.489 e. The van der Waals surface area contributed by atoms with Crippen LogP contribution in [0.25, 0.3) is 0 Å². The van der Waals surface area contributed by atoms with Gasteiger partial charge in [0.15, 0.2) is 0 Å². The Kier molecular flexibility index (Phi) is 4.92. The molecule has 0 aromatic heterocycles. The van der Waals surface area contributed by atoms with E-state index in [2.05, 4.69) is 73.8 Å². The zero-order valence-electron chi connectivity index (χ0n) is 17.2. The van der Waals surface area contributed by atoms with Crippen LogP contribution in [0.4, 0.5) is 0 Å². The Morgan fingerprint density at radius 1 is 1.07 bits per heavy atom. The van der Waals surface area contributed by atoms with Crippen LogP contribution in [0.3, 0.4) is 0 Å². The molecule has 5 rings (SSSR count). The van der Waals surface area contributed by atoms with Crippen LogP contribution in [0.2, 0.25) is 0 Å². The van der Waals surface area contributed by atoms with Crippen LogP contribution in [-0.2, 0) is 4.74 Å². The van der Waals surface area contributed by atoms with Gasteiger partial charge in [0.1, 0.15) is 11.9 Å². The van der Waals surface area contributed by atoms with Crippen molar-refractivity contribution >= 4 is 0 Å². The van der Waals surface area contributed by atoms with Crippen molar-refractivity contribution in [2.75, 3.05) is 0 Å². The van der Waals surface area contributed by atoms with Gasteiger partial charge in [-0.1, -0.05) is 68.5 Å². The van der Waals surface area contributed by atoms with E-state index in [4.69, 9.17) is 4.74 Å². The van der Waals surface area contributed by atoms with E-state index in [1.807, 2.05) is 0 Å². The number of allylic oxidation sites excluding steroid dienone is 8. The summed E-state index contributed by atoms with van der Waals surface area (Å²) in [7, 11) is 0. The molecule has 6 unspecified atom stereocenters. The van der Waals surface area contributed by atoms with Crippen LogP contribution in [0.1, 0.15) is 46.0 Å². The number of nitrogens with one attached hydrogen (secondary N) is 1. The number of fused-ring (bicyclic) bond motifs is 2. The van der Waals surface area contributed by atoms with Crippen LogP contribution in [0.5, 0.6) is 0 Å². The molecule has 6 atom stereocenters. The van der Waals surface area contributed by atoms with Crippen LogP contribution in [0, 0.1) is 23.7 Å². The predicted octanol–water partition coefficient (Wildman–Crippen LogP) is 5.63. The number of ether oxygens (including phenoxy) is 1. The average molecular weight is 376 g/mol. The molecule has 0 bridgehead atoms. The molecule has 2 aliphatic heterocycles. The summed E-state index contributed by atoms with van der Waals surface area (Å²) in [5.41, 5.74) is 2.89. The van der Waals surface area contributed by atoms with Crippen molar-refractivity contribution in [3.63, 3.8) is 0 Å². The lowest BCUT2D eigenvalue weighted by atomic mass is 9.71. The first-order valence-corrected chi connectivity index (χ1v) is 11.3. The van der Waals surface area contributed by atoms with Crippen molar-refractivity contribution in [3.8, 4) is 0 Å². The number of piperidine rings is 1. The molecule has 0 amide bonds. The number of hydrogen-bond donors (Lipinski definition) is 1. The van der Waals surface area contributed by atoms with E-state index in [9.17, 15) is 0 Å². The summed E-state index contributed by atoms with van der Waals surface area (Å²) in [5.74, 6) is 3.71. The zero-order chi connectivity index (χ0) is 19.1. The summed E-state index contributed by atoms with van der Waals surface area (Å²) in [6.07, 6.45) is 26.8. The summed E-state index contributed by atoms with van der Waals surface area (Å²) >= 11 is 0. The molecule has 1 saturated heterocycles. The predicted molar refractivity (Wildman–Crippen MR) is 116 cm³/mol. The van der Waals surface area contributed by atoms with Crippen molar-refractivity contribution < 1.29 is 4.74 Å². The quantitative estimate of drug-likeness (QED) is 0.690. The third-order valence-electron chi connectivity index (χ3n) is 7.42. The Hall–Kier alpha value is -1.80. The lowest BCUT2D eigenvalue weighted by Gasteiger charge is -2.45. The second-order valence-electron chi connectivity index (χ2n) is 9.38. The van der Waals surface area contributed by atoms with Gasteiger partial charge < -0.3 is 10.1 Å². The summed E-state index contributed by atoms with van der Waals surface area (Å²) in [5, 5.41) is 4.11. The minimum Gasteiger partial charge on any atom is -0.489 e. The van der Waals surface area contributed by atoms with Crippen LogP contribution in [-0.4, -0.2) is 18.2 Å². The van der Waals surface area contributed by atoms with E-state index in [0.29, 0.717) is 29.8 Å². The van der Waals surface area contributed by atoms with Crippen molar-refractivity contribution in [2.45, 2.75) is 64.1 Å². The Bertz CT molecular complexity index is 793. The standard InChI is InChI=1S/C26H33NO/c1-17(2)19-15-16-23(27-25(19)18-9-4-3-5-10-18)22-13-8-12-21-20-11-6-7-14-24(20)28-26(21)22/h3-6,8-9,11-13,17-19,21,23,25-27H,7,10,14-16H2,1-2H3. The van der Waals surface area contributed by atoms with Crippen molar-refractivity contribution in [2.24, 2.45) is 23.7 Å². The van der Waals surface area contributed by atoms with Gasteiger partial charge in [-0.3, -0.25) is 0 Å². The van der Waals surface area contributed by atoms with Gasteiger partial charge in [-0.15, -0.1) is 0 Å². The van der Waals surface area contributed by atoms with Crippen LogP contribution >= 0.6 is 0 Å². The van der Waals surface area contributed by atoms with Gasteiger partial charge in [0.2, 0.25) is 0 Å². The summed E-state index contributed by atoms with van der Waals surface area (Å²) in [4.78, 5) is 0. The van der Waals surface area contributed by atoms with Gasteiger partial charge in [-0.2, -0.15) is 0 Å². The van der Waals surface area contributed by atoms with E-state index in [1.165, 1.54) is 29.7 Å². The maximum Gasteiger partial charge on any atom is 0.131 e. The third-order valence-corrected chi connectivity index (χ3v) is 7.42. The second kappa shape index (κ2) is 7.55. The molecule has 0 aromatic rings. The summed E-state index contributed by atoms with van der Waals surface area (Å²) in [6.45, 7) is 4.79. The topological polar surface area (TPSA) is 21.3 Å².